The summed E-state index contributed by atoms with van der Waals surface area (Å²) in [5.41, 5.74) is 8.33. The molecule has 5 rings (SSSR count). The van der Waals surface area contributed by atoms with Crippen LogP contribution in [0.5, 0.6) is 0 Å². The monoisotopic (exact) mass is 514 g/mol. The number of fused-ring (bicyclic) bond motifs is 1. The Labute approximate surface area is 217 Å². The maximum Gasteiger partial charge on any atom is 0.298 e. The van der Waals surface area contributed by atoms with E-state index in [1.165, 1.54) is 6.33 Å². The lowest BCUT2D eigenvalue weighted by Crippen LogP contribution is -2.46. The van der Waals surface area contributed by atoms with Crippen LogP contribution < -0.4 is 11.1 Å². The zero-order valence-electron chi connectivity index (χ0n) is 20.1. The third-order valence-electron chi connectivity index (χ3n) is 6.45. The number of carbonyl (C=O) groups excluding carboxylic acids is 2. The molecule has 10 nitrogen and oxygen atoms in total. The van der Waals surface area contributed by atoms with Crippen molar-refractivity contribution in [2.45, 2.75) is 31.8 Å². The smallest absolute Gasteiger partial charge is 0.298 e. The van der Waals surface area contributed by atoms with E-state index in [0.29, 0.717) is 51.5 Å². The zero-order valence-corrected chi connectivity index (χ0v) is 20.9. The summed E-state index contributed by atoms with van der Waals surface area (Å²) < 4.78 is 1.82. The Morgan fingerprint density at radius 1 is 1.19 bits per heavy atom. The molecule has 3 heterocycles. The van der Waals surface area contributed by atoms with Gasteiger partial charge < -0.3 is 16.0 Å². The number of pyridine rings is 1. The van der Waals surface area contributed by atoms with Gasteiger partial charge in [0, 0.05) is 30.4 Å². The normalized spacial score (nSPS) is 16.4. The Morgan fingerprint density at radius 3 is 2.70 bits per heavy atom. The van der Waals surface area contributed by atoms with Gasteiger partial charge in [0.1, 0.15) is 23.7 Å². The van der Waals surface area contributed by atoms with E-state index in [-0.39, 0.29) is 29.7 Å². The van der Waals surface area contributed by atoms with E-state index >= 15 is 0 Å². The second-order valence-corrected chi connectivity index (χ2v) is 9.09. The highest BCUT2D eigenvalue weighted by molar-refractivity contribution is 6.34. The van der Waals surface area contributed by atoms with Crippen LogP contribution in [0.15, 0.2) is 48.9 Å². The third kappa shape index (κ3) is 4.57. The predicted molar refractivity (Wildman–Crippen MR) is 141 cm³/mol. The highest BCUT2D eigenvalue weighted by atomic mass is 35.5. The van der Waals surface area contributed by atoms with E-state index in [1.807, 2.05) is 4.68 Å². The first kappa shape index (κ1) is 24.2. The quantitative estimate of drug-likeness (QED) is 0.389. The van der Waals surface area contributed by atoms with Gasteiger partial charge in [0.25, 0.3) is 11.8 Å². The zero-order chi connectivity index (χ0) is 26.1. The summed E-state index contributed by atoms with van der Waals surface area (Å²) >= 11 is 6.65. The van der Waals surface area contributed by atoms with Crippen molar-refractivity contribution >= 4 is 46.1 Å². The first-order valence-electron chi connectivity index (χ1n) is 11.6. The van der Waals surface area contributed by atoms with E-state index in [2.05, 4.69) is 32.1 Å². The van der Waals surface area contributed by atoms with Crippen LogP contribution in [0, 0.1) is 11.8 Å². The molecule has 37 heavy (non-hydrogen) atoms. The van der Waals surface area contributed by atoms with Crippen LogP contribution in [0.2, 0.25) is 5.02 Å². The number of anilines is 2. The Morgan fingerprint density at radius 2 is 2.00 bits per heavy atom. The molecule has 0 unspecified atom stereocenters. The molecule has 3 aromatic heterocycles. The van der Waals surface area contributed by atoms with Gasteiger partial charge in [-0.2, -0.15) is 5.10 Å². The van der Waals surface area contributed by atoms with Gasteiger partial charge in [0.05, 0.1) is 16.5 Å². The van der Waals surface area contributed by atoms with Crippen molar-refractivity contribution < 1.29 is 9.59 Å². The predicted octanol–water partition coefficient (Wildman–Crippen LogP) is 3.56. The molecular weight excluding hydrogens is 492 g/mol. The number of benzene rings is 1. The summed E-state index contributed by atoms with van der Waals surface area (Å²) in [5, 5.41) is 8.49. The summed E-state index contributed by atoms with van der Waals surface area (Å²) in [7, 11) is 1.76. The van der Waals surface area contributed by atoms with Crippen molar-refractivity contribution in [3.05, 3.63) is 59.5 Å². The number of hydrogen-bond donors (Lipinski definition) is 2. The summed E-state index contributed by atoms with van der Waals surface area (Å²) in [6.07, 6.45) is 4.40. The van der Waals surface area contributed by atoms with Gasteiger partial charge in [-0.1, -0.05) is 29.7 Å². The standard InChI is InChI=1S/C26H23ClN8O2/c1-3-6-21(36)34(2)16-12-17(13-16)35-25-22(24(28)30-14-31-25)23(33-35)18-9-8-15(11-19(18)27)26(37)32-20-7-4-5-10-29-20/h4-5,7-11,14,16-17H,12-13H2,1-2H3,(H2,28,30,31)(H,29,32,37). The largest absolute Gasteiger partial charge is 0.383 e. The van der Waals surface area contributed by atoms with Crippen molar-refractivity contribution in [2.75, 3.05) is 18.1 Å². The molecule has 1 aliphatic carbocycles. The first-order chi connectivity index (χ1) is 17.9. The molecular formula is C26H23ClN8O2. The molecule has 0 saturated heterocycles. The van der Waals surface area contributed by atoms with Crippen LogP contribution in [-0.4, -0.2) is 54.5 Å². The van der Waals surface area contributed by atoms with Crippen molar-refractivity contribution in [1.29, 1.82) is 0 Å². The molecule has 1 saturated carbocycles. The van der Waals surface area contributed by atoms with Crippen LogP contribution in [0.1, 0.15) is 36.2 Å². The van der Waals surface area contributed by atoms with Gasteiger partial charge in [0.2, 0.25) is 0 Å². The molecule has 11 heteroatoms. The average Bonchev–Trinajstić information content (AvgIpc) is 3.24. The van der Waals surface area contributed by atoms with Gasteiger partial charge in [-0.15, -0.1) is 0 Å². The summed E-state index contributed by atoms with van der Waals surface area (Å²) in [5.74, 6) is 5.40. The minimum Gasteiger partial charge on any atom is -0.383 e. The van der Waals surface area contributed by atoms with Crippen molar-refractivity contribution in [2.24, 2.45) is 0 Å². The molecule has 0 radical (unpaired) electrons. The lowest BCUT2D eigenvalue weighted by Gasteiger charge is -2.40. The lowest BCUT2D eigenvalue weighted by atomic mass is 9.85. The summed E-state index contributed by atoms with van der Waals surface area (Å²) in [6.45, 7) is 1.64. The van der Waals surface area contributed by atoms with Crippen LogP contribution in [0.25, 0.3) is 22.3 Å². The fourth-order valence-electron chi connectivity index (χ4n) is 4.35. The molecule has 3 N–H and O–H groups in total. The van der Waals surface area contributed by atoms with Crippen LogP contribution >= 0.6 is 11.6 Å². The molecule has 4 aromatic rings. The number of amides is 2. The molecule has 0 atom stereocenters. The molecule has 1 fully saturated rings. The third-order valence-corrected chi connectivity index (χ3v) is 6.76. The first-order valence-corrected chi connectivity index (χ1v) is 12.0. The van der Waals surface area contributed by atoms with E-state index in [0.717, 1.165) is 0 Å². The number of halogens is 1. The summed E-state index contributed by atoms with van der Waals surface area (Å²) in [6, 6.07) is 10.3. The number of aromatic nitrogens is 5. The molecule has 1 aromatic carbocycles. The molecule has 1 aliphatic rings. The van der Waals surface area contributed by atoms with Gasteiger partial charge in [-0.25, -0.2) is 19.6 Å². The van der Waals surface area contributed by atoms with Crippen LogP contribution in [-0.2, 0) is 4.79 Å². The molecule has 2 amide bonds. The van der Waals surface area contributed by atoms with Crippen LogP contribution in [0.4, 0.5) is 11.6 Å². The van der Waals surface area contributed by atoms with Gasteiger partial charge >= 0.3 is 0 Å². The maximum atomic E-state index is 12.7. The van der Waals surface area contributed by atoms with E-state index in [4.69, 9.17) is 22.4 Å². The van der Waals surface area contributed by atoms with Crippen LogP contribution in [0.3, 0.4) is 0 Å². The fourth-order valence-corrected chi connectivity index (χ4v) is 4.62. The van der Waals surface area contributed by atoms with E-state index in [1.54, 1.807) is 61.5 Å². The lowest BCUT2D eigenvalue weighted by molar-refractivity contribution is -0.128. The fraction of sp³-hybridized carbons (Fsp3) is 0.231. The maximum absolute atomic E-state index is 12.7. The minimum atomic E-state index is -0.336. The second-order valence-electron chi connectivity index (χ2n) is 8.68. The Bertz CT molecular complexity index is 1570. The van der Waals surface area contributed by atoms with Gasteiger partial charge in [0.15, 0.2) is 5.65 Å². The number of nitrogens with one attached hydrogen (secondary N) is 1. The highest BCUT2D eigenvalue weighted by Crippen LogP contribution is 2.41. The number of carbonyl (C=O) groups is 2. The van der Waals surface area contributed by atoms with E-state index in [9.17, 15) is 9.59 Å². The molecule has 0 bridgehead atoms. The number of hydrogen-bond acceptors (Lipinski definition) is 7. The van der Waals surface area contributed by atoms with E-state index < -0.39 is 0 Å². The molecule has 0 spiro atoms. The number of rotatable bonds is 5. The number of nitrogens with two attached hydrogens (primary N) is 1. The SMILES string of the molecule is CC#CC(=O)N(C)C1CC(n2nc(-c3ccc(C(=O)Nc4ccccn4)cc3Cl)c3c(N)ncnc32)C1. The topological polar surface area (TPSA) is 132 Å². The number of nitrogens with zero attached hydrogens (tertiary/aromatic N) is 6. The van der Waals surface area contributed by atoms with Crippen molar-refractivity contribution in [1.82, 2.24) is 29.6 Å². The molecule has 186 valence electrons. The highest BCUT2D eigenvalue weighted by Gasteiger charge is 2.37. The average molecular weight is 515 g/mol. The molecule has 0 aliphatic heterocycles. The number of nitrogen functional groups attached to an aromatic ring is 1. The van der Waals surface area contributed by atoms with Crippen molar-refractivity contribution in [3.63, 3.8) is 0 Å². The second kappa shape index (κ2) is 9.87. The summed E-state index contributed by atoms with van der Waals surface area (Å²) in [4.78, 5) is 39.2. The van der Waals surface area contributed by atoms with Crippen molar-refractivity contribution in [3.8, 4) is 23.1 Å². The van der Waals surface area contributed by atoms with Gasteiger partial charge in [-0.05, 0) is 50.0 Å². The minimum absolute atomic E-state index is 0.0163. The Hall–Kier alpha value is -4.49. The Balaban J connectivity index is 1.44. The van der Waals surface area contributed by atoms with Gasteiger partial charge in [-0.3, -0.25) is 9.59 Å². The Kier molecular flexibility index (Phi) is 6.46.